The number of alkyl carbamates (subject to hydrolysis) is 1. The normalized spacial score (nSPS) is 15.6. The lowest BCUT2D eigenvalue weighted by molar-refractivity contribution is 0.0517. The third kappa shape index (κ3) is 4.36. The molecule has 0 unspecified atom stereocenters. The van der Waals surface area contributed by atoms with Gasteiger partial charge in [-0.2, -0.15) is 0 Å². The van der Waals surface area contributed by atoms with E-state index >= 15 is 0 Å². The van der Waals surface area contributed by atoms with Gasteiger partial charge in [-0.1, -0.05) is 0 Å². The second kappa shape index (κ2) is 7.77. The fourth-order valence-corrected chi connectivity index (χ4v) is 3.67. The van der Waals surface area contributed by atoms with E-state index in [0.717, 1.165) is 48.7 Å². The van der Waals surface area contributed by atoms with Gasteiger partial charge < -0.3 is 19.4 Å². The molecule has 1 amide bonds. The molecule has 8 nitrogen and oxygen atoms in total. The molecule has 4 heterocycles. The quantitative estimate of drug-likeness (QED) is 0.722. The van der Waals surface area contributed by atoms with Crippen LogP contribution in [0.4, 0.5) is 10.6 Å². The Morgan fingerprint density at radius 1 is 1.28 bits per heavy atom. The van der Waals surface area contributed by atoms with Gasteiger partial charge >= 0.3 is 6.09 Å². The summed E-state index contributed by atoms with van der Waals surface area (Å²) in [5.74, 6) is 2.11. The molecule has 1 N–H and O–H groups in total. The molecule has 0 aromatic carbocycles. The summed E-state index contributed by atoms with van der Waals surface area (Å²) < 4.78 is 12.7. The largest absolute Gasteiger partial charge is 0.448 e. The number of nitrogens with one attached hydrogen (secondary N) is 1. The summed E-state index contributed by atoms with van der Waals surface area (Å²) in [4.78, 5) is 23.2. The van der Waals surface area contributed by atoms with Crippen molar-refractivity contribution >= 4 is 22.9 Å². The van der Waals surface area contributed by atoms with E-state index in [1.165, 1.54) is 0 Å². The third-order valence-corrected chi connectivity index (χ3v) is 5.05. The number of ether oxygens (including phenoxy) is 1. The van der Waals surface area contributed by atoms with Gasteiger partial charge in [-0.25, -0.2) is 14.8 Å². The number of aromatic nitrogens is 3. The van der Waals surface area contributed by atoms with E-state index in [9.17, 15) is 4.79 Å². The Morgan fingerprint density at radius 2 is 2.07 bits per heavy atom. The molecule has 154 valence electrons. The Bertz CT molecular complexity index is 966. The van der Waals surface area contributed by atoms with Crippen molar-refractivity contribution in [3.8, 4) is 5.88 Å². The number of carbonyl (C=O) groups is 1. The zero-order valence-electron chi connectivity index (χ0n) is 17.1. The highest BCUT2D eigenvalue weighted by atomic mass is 16.6. The van der Waals surface area contributed by atoms with Gasteiger partial charge in [0.25, 0.3) is 0 Å². The smallest absolute Gasteiger partial charge is 0.407 e. The first-order valence-corrected chi connectivity index (χ1v) is 9.98. The van der Waals surface area contributed by atoms with Gasteiger partial charge in [0, 0.05) is 31.9 Å². The number of amides is 1. The van der Waals surface area contributed by atoms with Crippen molar-refractivity contribution in [2.45, 2.75) is 39.2 Å². The molecule has 1 fully saturated rings. The molecule has 29 heavy (non-hydrogen) atoms. The summed E-state index contributed by atoms with van der Waals surface area (Å²) in [6.45, 7) is 8.01. The molecule has 4 rings (SSSR count). The highest BCUT2D eigenvalue weighted by molar-refractivity contribution is 5.88. The lowest BCUT2D eigenvalue weighted by Gasteiger charge is -2.33. The zero-order chi connectivity index (χ0) is 20.4. The number of fused-ring (bicyclic) bond motifs is 1. The average Bonchev–Trinajstić information content (AvgIpc) is 3.34. The van der Waals surface area contributed by atoms with Crippen molar-refractivity contribution in [2.24, 2.45) is 5.92 Å². The van der Waals surface area contributed by atoms with Crippen molar-refractivity contribution < 1.29 is 13.9 Å². The van der Waals surface area contributed by atoms with Gasteiger partial charge in [-0.3, -0.25) is 4.57 Å². The van der Waals surface area contributed by atoms with E-state index in [2.05, 4.69) is 20.2 Å². The van der Waals surface area contributed by atoms with Gasteiger partial charge in [-0.05, 0) is 51.7 Å². The van der Waals surface area contributed by atoms with Crippen molar-refractivity contribution in [3.63, 3.8) is 0 Å². The maximum absolute atomic E-state index is 11.9. The molecule has 0 bridgehead atoms. The molecule has 1 aliphatic rings. The molecular formula is C21H27N5O3. The predicted molar refractivity (Wildman–Crippen MR) is 110 cm³/mol. The Labute approximate surface area is 169 Å². The van der Waals surface area contributed by atoms with Crippen LogP contribution < -0.4 is 10.2 Å². The first-order valence-electron chi connectivity index (χ1n) is 9.98. The van der Waals surface area contributed by atoms with Gasteiger partial charge in [-0.15, -0.1) is 0 Å². The summed E-state index contributed by atoms with van der Waals surface area (Å²) in [5, 5.41) is 3.90. The third-order valence-electron chi connectivity index (χ3n) is 5.05. The van der Waals surface area contributed by atoms with Crippen LogP contribution in [0.3, 0.4) is 0 Å². The Kier molecular flexibility index (Phi) is 5.17. The second-order valence-electron chi connectivity index (χ2n) is 8.38. The number of furan rings is 1. The number of carbonyl (C=O) groups excluding carboxylic acids is 1. The van der Waals surface area contributed by atoms with Crippen LogP contribution in [0.15, 0.2) is 41.4 Å². The van der Waals surface area contributed by atoms with Crippen LogP contribution in [0.5, 0.6) is 0 Å². The molecule has 0 radical (unpaired) electrons. The number of nitrogens with zero attached hydrogens (tertiary/aromatic N) is 4. The van der Waals surface area contributed by atoms with Crippen LogP contribution in [-0.4, -0.2) is 45.9 Å². The Balaban J connectivity index is 1.39. The van der Waals surface area contributed by atoms with E-state index in [4.69, 9.17) is 9.15 Å². The molecule has 8 heteroatoms. The Morgan fingerprint density at radius 3 is 2.76 bits per heavy atom. The number of hydrogen-bond acceptors (Lipinski definition) is 6. The molecule has 1 aliphatic heterocycles. The number of rotatable bonds is 4. The minimum Gasteiger partial charge on any atom is -0.448 e. The minimum absolute atomic E-state index is 0.350. The maximum Gasteiger partial charge on any atom is 0.407 e. The van der Waals surface area contributed by atoms with E-state index in [1.54, 1.807) is 12.6 Å². The summed E-state index contributed by atoms with van der Waals surface area (Å²) in [6.07, 6.45) is 6.84. The van der Waals surface area contributed by atoms with Crippen molar-refractivity contribution in [1.29, 1.82) is 0 Å². The lowest BCUT2D eigenvalue weighted by atomic mass is 9.97. The molecular weight excluding hydrogens is 370 g/mol. The standard InChI is InChI=1S/C21H27N5O3/c1-21(2,3)29-20(27)22-13-15-6-9-25(10-7-15)18-16-8-11-26(17-5-4-12-28-17)19(16)24-14-23-18/h4-5,8,11-12,14-15H,6-7,9-10,13H2,1-3H3,(H,22,27). The van der Waals surface area contributed by atoms with Crippen LogP contribution in [0.25, 0.3) is 16.9 Å². The van der Waals surface area contributed by atoms with Gasteiger partial charge in [0.2, 0.25) is 5.88 Å². The molecule has 1 saturated heterocycles. The molecule has 0 atom stereocenters. The molecule has 0 saturated carbocycles. The van der Waals surface area contributed by atoms with Crippen molar-refractivity contribution in [2.75, 3.05) is 24.5 Å². The minimum atomic E-state index is -0.474. The van der Waals surface area contributed by atoms with Gasteiger partial charge in [0.05, 0.1) is 11.6 Å². The van der Waals surface area contributed by atoms with E-state index in [0.29, 0.717) is 12.5 Å². The van der Waals surface area contributed by atoms with E-state index < -0.39 is 5.60 Å². The Hall–Kier alpha value is -3.03. The second-order valence-corrected chi connectivity index (χ2v) is 8.38. The lowest BCUT2D eigenvalue weighted by Crippen LogP contribution is -2.40. The average molecular weight is 397 g/mol. The van der Waals surface area contributed by atoms with Crippen molar-refractivity contribution in [3.05, 3.63) is 37.0 Å². The highest BCUT2D eigenvalue weighted by Gasteiger charge is 2.24. The van der Waals surface area contributed by atoms with Crippen LogP contribution in [0.1, 0.15) is 33.6 Å². The van der Waals surface area contributed by atoms with Crippen LogP contribution in [-0.2, 0) is 4.74 Å². The van der Waals surface area contributed by atoms with Gasteiger partial charge in [0.1, 0.15) is 17.7 Å². The fourth-order valence-electron chi connectivity index (χ4n) is 3.67. The van der Waals surface area contributed by atoms with Crippen molar-refractivity contribution in [1.82, 2.24) is 19.9 Å². The summed E-state index contributed by atoms with van der Waals surface area (Å²) >= 11 is 0. The van der Waals surface area contributed by atoms with Crippen LogP contribution >= 0.6 is 0 Å². The molecule has 0 aliphatic carbocycles. The molecule has 0 spiro atoms. The van der Waals surface area contributed by atoms with E-state index in [1.807, 2.05) is 49.7 Å². The highest BCUT2D eigenvalue weighted by Crippen LogP contribution is 2.29. The fraction of sp³-hybridized carbons (Fsp3) is 0.476. The topological polar surface area (TPSA) is 85.4 Å². The first-order chi connectivity index (χ1) is 13.9. The zero-order valence-corrected chi connectivity index (χ0v) is 17.1. The molecule has 3 aromatic heterocycles. The first kappa shape index (κ1) is 19.3. The monoisotopic (exact) mass is 397 g/mol. The summed E-state index contributed by atoms with van der Waals surface area (Å²) in [7, 11) is 0. The molecule has 3 aromatic rings. The number of anilines is 1. The number of piperidine rings is 1. The van der Waals surface area contributed by atoms with Crippen LogP contribution in [0.2, 0.25) is 0 Å². The van der Waals surface area contributed by atoms with Crippen LogP contribution in [0, 0.1) is 5.92 Å². The van der Waals surface area contributed by atoms with E-state index in [-0.39, 0.29) is 6.09 Å². The summed E-state index contributed by atoms with van der Waals surface area (Å²) in [5.41, 5.74) is 0.358. The SMILES string of the molecule is CC(C)(C)OC(=O)NCC1CCN(c2ncnc3c2ccn3-c2ccco2)CC1. The number of hydrogen-bond donors (Lipinski definition) is 1. The summed E-state index contributed by atoms with van der Waals surface area (Å²) in [6, 6.07) is 5.80. The van der Waals surface area contributed by atoms with Gasteiger partial charge in [0.15, 0.2) is 5.65 Å². The predicted octanol–water partition coefficient (Wildman–Crippen LogP) is 3.75. The maximum atomic E-state index is 11.9.